The lowest BCUT2D eigenvalue weighted by atomic mass is 9.86. The second-order valence-corrected chi connectivity index (χ2v) is 9.87. The third-order valence-corrected chi connectivity index (χ3v) is 7.33. The second-order valence-electron chi connectivity index (χ2n) is 9.87. The van der Waals surface area contributed by atoms with Gasteiger partial charge >= 0.3 is 0 Å². The van der Waals surface area contributed by atoms with Crippen LogP contribution in [-0.2, 0) is 13.0 Å². The van der Waals surface area contributed by atoms with E-state index in [1.807, 2.05) is 18.2 Å². The Balaban J connectivity index is 1.46. The number of oxazole rings is 1. The zero-order valence-electron chi connectivity index (χ0n) is 19.9. The molecule has 2 aliphatic rings. The summed E-state index contributed by atoms with van der Waals surface area (Å²) in [6, 6.07) is 20.5. The number of halogens is 1. The van der Waals surface area contributed by atoms with Crippen molar-refractivity contribution >= 4 is 22.2 Å². The van der Waals surface area contributed by atoms with Crippen molar-refractivity contribution in [1.29, 1.82) is 0 Å². The molecule has 0 unspecified atom stereocenters. The molecule has 1 N–H and O–H groups in total. The van der Waals surface area contributed by atoms with Crippen LogP contribution in [-0.4, -0.2) is 34.8 Å². The number of alkyl halides is 1. The molecule has 1 aliphatic carbocycles. The molecule has 1 fully saturated rings. The number of likely N-dealkylation sites (tertiary alicyclic amines) is 1. The Hall–Kier alpha value is -3.44. The third kappa shape index (κ3) is 4.14. The predicted octanol–water partition coefficient (Wildman–Crippen LogP) is 6.54. The highest BCUT2D eigenvalue weighted by molar-refractivity contribution is 6.01. The van der Waals surface area contributed by atoms with Crippen LogP contribution in [0.5, 0.6) is 5.75 Å². The molecule has 4 nitrogen and oxygen atoms in total. The van der Waals surface area contributed by atoms with Crippen LogP contribution in [0.25, 0.3) is 22.2 Å². The van der Waals surface area contributed by atoms with Gasteiger partial charge in [-0.1, -0.05) is 36.4 Å². The first-order chi connectivity index (χ1) is 17.1. The average molecular weight is 469 g/mol. The first kappa shape index (κ1) is 22.1. The van der Waals surface area contributed by atoms with E-state index in [0.29, 0.717) is 18.2 Å². The number of fused-ring (bicyclic) bond motifs is 2. The van der Waals surface area contributed by atoms with Crippen molar-refractivity contribution in [1.82, 2.24) is 9.88 Å². The van der Waals surface area contributed by atoms with E-state index in [9.17, 15) is 9.50 Å². The van der Waals surface area contributed by atoms with Crippen LogP contribution >= 0.6 is 0 Å². The maximum atomic E-state index is 12.8. The fraction of sp³-hybridized carbons (Fsp3) is 0.300. The number of aromatic nitrogens is 1. The number of allylic oxidation sites excluding steroid dienone is 1. The molecule has 6 rings (SSSR count). The highest BCUT2D eigenvalue weighted by Crippen LogP contribution is 2.42. The second kappa shape index (κ2) is 8.97. The van der Waals surface area contributed by atoms with Crippen molar-refractivity contribution in [3.8, 4) is 5.75 Å². The number of aryl methyl sites for hydroxylation is 2. The van der Waals surface area contributed by atoms with Gasteiger partial charge < -0.3 is 9.52 Å². The number of benzene rings is 3. The van der Waals surface area contributed by atoms with Crippen LogP contribution in [0.15, 0.2) is 65.1 Å². The van der Waals surface area contributed by atoms with Crippen LogP contribution in [0.3, 0.4) is 0 Å². The van der Waals surface area contributed by atoms with Crippen LogP contribution in [0.2, 0.25) is 0 Å². The van der Waals surface area contributed by atoms with E-state index in [1.165, 1.54) is 33.4 Å². The smallest absolute Gasteiger partial charge is 0.209 e. The largest absolute Gasteiger partial charge is 0.508 e. The zero-order chi connectivity index (χ0) is 23.9. The molecule has 0 radical (unpaired) electrons. The number of hydrogen-bond acceptors (Lipinski definition) is 4. The van der Waals surface area contributed by atoms with E-state index in [0.717, 1.165) is 49.0 Å². The number of rotatable bonds is 5. The summed E-state index contributed by atoms with van der Waals surface area (Å²) in [5.74, 6) is 1.13. The normalized spacial score (nSPS) is 16.9. The number of phenols is 1. The monoisotopic (exact) mass is 468 g/mol. The third-order valence-electron chi connectivity index (χ3n) is 7.33. The Morgan fingerprint density at radius 2 is 1.89 bits per heavy atom. The summed E-state index contributed by atoms with van der Waals surface area (Å²) in [5.41, 5.74) is 10.1. The Morgan fingerprint density at radius 3 is 2.71 bits per heavy atom. The molecule has 1 aromatic heterocycles. The molecular weight excluding hydrogens is 439 g/mol. The molecule has 0 bridgehead atoms. The SMILES string of the molecule is Cc1ccccc1C1=C(c2ccc3oc(CN4CC(CF)C4)nc3c2)c2ccc(O)cc2CCC1. The summed E-state index contributed by atoms with van der Waals surface area (Å²) in [5, 5.41) is 10.2. The lowest BCUT2D eigenvalue weighted by Crippen LogP contribution is -2.46. The summed E-state index contributed by atoms with van der Waals surface area (Å²) >= 11 is 0. The van der Waals surface area contributed by atoms with Gasteiger partial charge in [-0.3, -0.25) is 9.29 Å². The van der Waals surface area contributed by atoms with E-state index in [4.69, 9.17) is 9.40 Å². The van der Waals surface area contributed by atoms with Gasteiger partial charge in [0.2, 0.25) is 5.89 Å². The molecule has 4 aromatic rings. The van der Waals surface area contributed by atoms with Crippen molar-refractivity contribution in [2.75, 3.05) is 19.8 Å². The lowest BCUT2D eigenvalue weighted by molar-refractivity contribution is 0.0661. The van der Waals surface area contributed by atoms with Gasteiger partial charge in [0.05, 0.1) is 13.2 Å². The number of hydrogen-bond donors (Lipinski definition) is 1. The molecule has 178 valence electrons. The van der Waals surface area contributed by atoms with Crippen LogP contribution in [0, 0.1) is 12.8 Å². The molecular formula is C30H29FN2O2. The van der Waals surface area contributed by atoms with Crippen LogP contribution < -0.4 is 0 Å². The predicted molar refractivity (Wildman–Crippen MR) is 137 cm³/mol. The minimum Gasteiger partial charge on any atom is -0.508 e. The Labute approximate surface area is 204 Å². The number of nitrogens with zero attached hydrogens (tertiary/aromatic N) is 2. The van der Waals surface area contributed by atoms with Gasteiger partial charge in [0.15, 0.2) is 5.58 Å². The fourth-order valence-electron chi connectivity index (χ4n) is 5.58. The molecule has 3 aromatic carbocycles. The van der Waals surface area contributed by atoms with Gasteiger partial charge in [-0.05, 0) is 89.4 Å². The molecule has 0 saturated carbocycles. The quantitative estimate of drug-likeness (QED) is 0.361. The lowest BCUT2D eigenvalue weighted by Gasteiger charge is -2.36. The van der Waals surface area contributed by atoms with Crippen molar-refractivity contribution in [3.05, 3.63) is 94.4 Å². The Morgan fingerprint density at radius 1 is 1.03 bits per heavy atom. The fourth-order valence-corrected chi connectivity index (χ4v) is 5.58. The first-order valence-corrected chi connectivity index (χ1v) is 12.4. The molecule has 0 atom stereocenters. The van der Waals surface area contributed by atoms with Gasteiger partial charge in [0.25, 0.3) is 0 Å². The van der Waals surface area contributed by atoms with Crippen molar-refractivity contribution in [3.63, 3.8) is 0 Å². The van der Waals surface area contributed by atoms with Gasteiger partial charge in [-0.2, -0.15) is 0 Å². The van der Waals surface area contributed by atoms with Crippen molar-refractivity contribution < 1.29 is 13.9 Å². The average Bonchev–Trinajstić information content (AvgIpc) is 3.14. The topological polar surface area (TPSA) is 49.5 Å². The summed E-state index contributed by atoms with van der Waals surface area (Å²) in [4.78, 5) is 6.95. The van der Waals surface area contributed by atoms with Gasteiger partial charge in [0.1, 0.15) is 11.3 Å². The van der Waals surface area contributed by atoms with E-state index in [-0.39, 0.29) is 12.6 Å². The number of aromatic hydroxyl groups is 1. The molecule has 2 heterocycles. The van der Waals surface area contributed by atoms with Crippen molar-refractivity contribution in [2.24, 2.45) is 5.92 Å². The molecule has 0 amide bonds. The molecule has 5 heteroatoms. The number of phenolic OH excluding ortho intramolecular Hbond substituents is 1. The maximum absolute atomic E-state index is 12.8. The van der Waals surface area contributed by atoms with E-state index in [1.54, 1.807) is 6.07 Å². The van der Waals surface area contributed by atoms with Crippen LogP contribution in [0.1, 0.15) is 46.5 Å². The van der Waals surface area contributed by atoms with Crippen molar-refractivity contribution in [2.45, 2.75) is 32.7 Å². The maximum Gasteiger partial charge on any atom is 0.209 e. The highest BCUT2D eigenvalue weighted by Gasteiger charge is 2.28. The van der Waals surface area contributed by atoms with Gasteiger partial charge in [-0.25, -0.2) is 4.98 Å². The van der Waals surface area contributed by atoms with E-state index in [2.05, 4.69) is 48.2 Å². The summed E-state index contributed by atoms with van der Waals surface area (Å²) < 4.78 is 18.8. The summed E-state index contributed by atoms with van der Waals surface area (Å²) in [6.07, 6.45) is 2.91. The molecule has 1 saturated heterocycles. The van der Waals surface area contributed by atoms with E-state index >= 15 is 0 Å². The summed E-state index contributed by atoms with van der Waals surface area (Å²) in [6.45, 7) is 4.04. The first-order valence-electron chi connectivity index (χ1n) is 12.4. The van der Waals surface area contributed by atoms with Gasteiger partial charge in [0, 0.05) is 19.0 Å². The Bertz CT molecular complexity index is 1430. The molecule has 1 aliphatic heterocycles. The standard InChI is InChI=1S/C30H29FN2O2/c1-19-5-2-3-7-24(19)26-8-4-6-21-13-23(34)10-11-25(21)30(26)22-9-12-28-27(14-22)32-29(35-28)18-33-16-20(15-31)17-33/h2-3,5,7,9-14,20,34H,4,6,8,15-18H2,1H3. The summed E-state index contributed by atoms with van der Waals surface area (Å²) in [7, 11) is 0. The minimum atomic E-state index is -0.259. The van der Waals surface area contributed by atoms with E-state index < -0.39 is 0 Å². The molecule has 35 heavy (non-hydrogen) atoms. The van der Waals surface area contributed by atoms with Gasteiger partial charge in [-0.15, -0.1) is 0 Å². The molecule has 0 spiro atoms. The minimum absolute atomic E-state index is 0.146. The zero-order valence-corrected chi connectivity index (χ0v) is 19.9. The van der Waals surface area contributed by atoms with Crippen LogP contribution in [0.4, 0.5) is 4.39 Å². The highest BCUT2D eigenvalue weighted by atomic mass is 19.1. The Kier molecular flexibility index (Phi) is 5.65.